The Hall–Kier alpha value is -1.80. The van der Waals surface area contributed by atoms with Crippen LogP contribution in [0.4, 0.5) is 8.78 Å². The normalized spacial score (nSPS) is 18.5. The van der Waals surface area contributed by atoms with E-state index < -0.39 is 27.6 Å². The summed E-state index contributed by atoms with van der Waals surface area (Å²) in [7, 11) is -3.50. The summed E-state index contributed by atoms with van der Waals surface area (Å²) >= 11 is 0. The summed E-state index contributed by atoms with van der Waals surface area (Å²) in [6, 6.07) is 2.81. The largest absolute Gasteiger partial charge is 0.338 e. The Bertz CT molecular complexity index is 691. The van der Waals surface area contributed by atoms with Gasteiger partial charge in [0.25, 0.3) is 5.91 Å². The van der Waals surface area contributed by atoms with E-state index in [1.54, 1.807) is 0 Å². The molecule has 1 aromatic carbocycles. The number of likely N-dealkylation sites (tertiary alicyclic amines) is 1. The lowest BCUT2D eigenvalue weighted by Crippen LogP contribution is -2.32. The van der Waals surface area contributed by atoms with E-state index in [-0.39, 0.29) is 18.0 Å². The van der Waals surface area contributed by atoms with Crippen LogP contribution in [0, 0.1) is 17.6 Å². The molecule has 1 saturated heterocycles. The van der Waals surface area contributed by atoms with E-state index >= 15 is 0 Å². The van der Waals surface area contributed by atoms with E-state index in [1.807, 2.05) is 0 Å². The minimum atomic E-state index is -3.50. The molecule has 0 saturated carbocycles. The van der Waals surface area contributed by atoms with Crippen molar-refractivity contribution in [1.82, 2.24) is 9.62 Å². The number of benzene rings is 1. The minimum Gasteiger partial charge on any atom is -0.338 e. The molecule has 8 heteroatoms. The van der Waals surface area contributed by atoms with Gasteiger partial charge in [-0.25, -0.2) is 21.9 Å². The van der Waals surface area contributed by atoms with E-state index in [0.29, 0.717) is 25.6 Å². The third kappa shape index (κ3) is 3.89. The molecule has 22 heavy (non-hydrogen) atoms. The first kappa shape index (κ1) is 16.6. The highest BCUT2D eigenvalue weighted by Crippen LogP contribution is 2.20. The van der Waals surface area contributed by atoms with Crippen molar-refractivity contribution >= 4 is 15.9 Å². The molecule has 0 aliphatic carbocycles. The molecule has 1 unspecified atom stereocenters. The van der Waals surface area contributed by atoms with Crippen molar-refractivity contribution in [3.63, 3.8) is 0 Å². The number of hydrogen-bond acceptors (Lipinski definition) is 3. The molecule has 1 fully saturated rings. The Kier molecular flexibility index (Phi) is 4.92. The predicted molar refractivity (Wildman–Crippen MR) is 77.5 cm³/mol. The number of rotatable bonds is 5. The number of sulfonamides is 1. The molecule has 0 aromatic heterocycles. The van der Waals surface area contributed by atoms with Gasteiger partial charge in [0.15, 0.2) is 0 Å². The molecule has 0 spiro atoms. The Balaban J connectivity index is 1.98. The van der Waals surface area contributed by atoms with Crippen LogP contribution in [0.2, 0.25) is 0 Å². The zero-order valence-corrected chi connectivity index (χ0v) is 12.6. The first-order valence-corrected chi connectivity index (χ1v) is 8.23. The molecule has 120 valence electrons. The summed E-state index contributed by atoms with van der Waals surface area (Å²) in [4.78, 5) is 13.6. The lowest BCUT2D eigenvalue weighted by atomic mass is 10.1. The number of carbonyl (C=O) groups is 1. The van der Waals surface area contributed by atoms with Crippen LogP contribution in [0.5, 0.6) is 0 Å². The van der Waals surface area contributed by atoms with Crippen molar-refractivity contribution in [2.24, 2.45) is 5.92 Å². The van der Waals surface area contributed by atoms with Crippen LogP contribution in [0.15, 0.2) is 30.2 Å². The van der Waals surface area contributed by atoms with Crippen LogP contribution < -0.4 is 4.72 Å². The Morgan fingerprint density at radius 2 is 2.18 bits per heavy atom. The number of nitrogens with one attached hydrogen (secondary N) is 1. The first-order valence-electron chi connectivity index (χ1n) is 6.69. The van der Waals surface area contributed by atoms with Crippen molar-refractivity contribution < 1.29 is 22.0 Å². The van der Waals surface area contributed by atoms with Crippen molar-refractivity contribution in [2.75, 3.05) is 19.6 Å². The first-order chi connectivity index (χ1) is 10.3. The van der Waals surface area contributed by atoms with Gasteiger partial charge in [-0.3, -0.25) is 4.79 Å². The van der Waals surface area contributed by atoms with Crippen LogP contribution in [0.3, 0.4) is 0 Å². The summed E-state index contributed by atoms with van der Waals surface area (Å²) < 4.78 is 51.4. The maximum Gasteiger partial charge on any atom is 0.256 e. The Labute approximate surface area is 127 Å². The van der Waals surface area contributed by atoms with E-state index in [2.05, 4.69) is 11.3 Å². The summed E-state index contributed by atoms with van der Waals surface area (Å²) in [6.45, 7) is 4.09. The van der Waals surface area contributed by atoms with Gasteiger partial charge in [0.1, 0.15) is 11.6 Å². The fraction of sp³-hybridized carbons (Fsp3) is 0.357. The van der Waals surface area contributed by atoms with Crippen LogP contribution >= 0.6 is 0 Å². The van der Waals surface area contributed by atoms with Gasteiger partial charge < -0.3 is 4.90 Å². The van der Waals surface area contributed by atoms with Crippen LogP contribution in [0.1, 0.15) is 16.8 Å². The van der Waals surface area contributed by atoms with Gasteiger partial charge in [-0.15, -0.1) is 0 Å². The minimum absolute atomic E-state index is 0.0535. The van der Waals surface area contributed by atoms with Crippen LogP contribution in [-0.4, -0.2) is 38.9 Å². The van der Waals surface area contributed by atoms with Gasteiger partial charge in [-0.05, 0) is 24.5 Å². The number of nitrogens with zero attached hydrogens (tertiary/aromatic N) is 1. The maximum atomic E-state index is 13.6. The molecule has 1 aliphatic rings. The third-order valence-electron chi connectivity index (χ3n) is 3.53. The standard InChI is InChI=1S/C14H16F2N2O3S/c1-2-22(20,21)17-8-10-5-6-18(9-10)14(19)12-4-3-11(15)7-13(12)16/h2-4,7,10,17H,1,5-6,8-9H2. The molecular formula is C14H16F2N2O3S. The fourth-order valence-corrected chi connectivity index (χ4v) is 2.90. The van der Waals surface area contributed by atoms with Crippen molar-refractivity contribution in [2.45, 2.75) is 6.42 Å². The number of carbonyl (C=O) groups excluding carboxylic acids is 1. The zero-order valence-electron chi connectivity index (χ0n) is 11.8. The van der Waals surface area contributed by atoms with Crippen molar-refractivity contribution in [1.29, 1.82) is 0 Å². The zero-order chi connectivity index (χ0) is 16.3. The van der Waals surface area contributed by atoms with Gasteiger partial charge in [-0.1, -0.05) is 6.58 Å². The van der Waals surface area contributed by atoms with Crippen molar-refractivity contribution in [3.05, 3.63) is 47.4 Å². The molecule has 1 heterocycles. The molecule has 0 bridgehead atoms. The van der Waals surface area contributed by atoms with Gasteiger partial charge in [0.05, 0.1) is 5.56 Å². The second-order valence-electron chi connectivity index (χ2n) is 5.09. The molecule has 1 atom stereocenters. The highest BCUT2D eigenvalue weighted by molar-refractivity contribution is 7.92. The van der Waals surface area contributed by atoms with Gasteiger partial charge >= 0.3 is 0 Å². The molecule has 1 aliphatic heterocycles. The highest BCUT2D eigenvalue weighted by Gasteiger charge is 2.28. The lowest BCUT2D eigenvalue weighted by Gasteiger charge is -2.17. The molecule has 2 rings (SSSR count). The second-order valence-corrected chi connectivity index (χ2v) is 6.80. The van der Waals surface area contributed by atoms with Gasteiger partial charge in [0, 0.05) is 31.1 Å². The smallest absolute Gasteiger partial charge is 0.256 e. The fourth-order valence-electron chi connectivity index (χ4n) is 2.31. The van der Waals surface area contributed by atoms with E-state index in [1.165, 1.54) is 4.90 Å². The molecular weight excluding hydrogens is 314 g/mol. The topological polar surface area (TPSA) is 66.5 Å². The SMILES string of the molecule is C=CS(=O)(=O)NCC1CCN(C(=O)c2ccc(F)cc2F)C1. The molecule has 5 nitrogen and oxygen atoms in total. The maximum absolute atomic E-state index is 13.6. The molecule has 1 amide bonds. The number of halogens is 2. The summed E-state index contributed by atoms with van der Waals surface area (Å²) in [5, 5.41) is 0.818. The van der Waals surface area contributed by atoms with Gasteiger partial charge in [0.2, 0.25) is 10.0 Å². The van der Waals surface area contributed by atoms with E-state index in [4.69, 9.17) is 0 Å². The van der Waals surface area contributed by atoms with Gasteiger partial charge in [-0.2, -0.15) is 0 Å². The summed E-state index contributed by atoms with van der Waals surface area (Å²) in [6.07, 6.45) is 0.605. The predicted octanol–water partition coefficient (Wildman–Crippen LogP) is 1.49. The average Bonchev–Trinajstić information content (AvgIpc) is 2.94. The van der Waals surface area contributed by atoms with E-state index in [9.17, 15) is 22.0 Å². The quantitative estimate of drug-likeness (QED) is 0.889. The number of hydrogen-bond donors (Lipinski definition) is 1. The highest BCUT2D eigenvalue weighted by atomic mass is 32.2. The van der Waals surface area contributed by atoms with Crippen LogP contribution in [-0.2, 0) is 10.0 Å². The van der Waals surface area contributed by atoms with Crippen molar-refractivity contribution in [3.8, 4) is 0 Å². The second kappa shape index (κ2) is 6.53. The molecule has 0 radical (unpaired) electrons. The average molecular weight is 330 g/mol. The monoisotopic (exact) mass is 330 g/mol. The molecule has 1 N–H and O–H groups in total. The Morgan fingerprint density at radius 1 is 1.45 bits per heavy atom. The lowest BCUT2D eigenvalue weighted by molar-refractivity contribution is 0.0782. The summed E-state index contributed by atoms with van der Waals surface area (Å²) in [5.74, 6) is -2.22. The Morgan fingerprint density at radius 3 is 2.82 bits per heavy atom. The van der Waals surface area contributed by atoms with Crippen LogP contribution in [0.25, 0.3) is 0 Å². The number of amides is 1. The third-order valence-corrected chi connectivity index (χ3v) is 4.54. The van der Waals surface area contributed by atoms with E-state index in [0.717, 1.165) is 17.5 Å². The molecule has 1 aromatic rings. The summed E-state index contributed by atoms with van der Waals surface area (Å²) in [5.41, 5.74) is -0.186.